The molecule has 3 unspecified atom stereocenters. The number of aliphatic carboxylic acids is 1. The maximum absolute atomic E-state index is 13.5. The number of hydrogen-bond acceptors (Lipinski definition) is 12. The lowest BCUT2D eigenvalue weighted by Gasteiger charge is -2.35. The SMILES string of the molecule is COCCOC1[C@@H](OP([O-])(=S)OC(C)C)[C@@H](C(=O)NC(Cc2ccccc2)C(=O)[O-])O[C@@H]1n1cc(C)c(=O)[nH]c1=O. The first-order valence-electron chi connectivity index (χ1n) is 12.6. The van der Waals surface area contributed by atoms with Crippen molar-refractivity contribution in [3.05, 3.63) is 68.5 Å². The summed E-state index contributed by atoms with van der Waals surface area (Å²) < 4.78 is 28.7. The van der Waals surface area contributed by atoms with Crippen molar-refractivity contribution in [2.24, 2.45) is 0 Å². The Balaban J connectivity index is 2.02. The van der Waals surface area contributed by atoms with E-state index in [9.17, 15) is 29.2 Å². The van der Waals surface area contributed by atoms with Crippen LogP contribution in [0.2, 0.25) is 0 Å². The number of rotatable bonds is 14. The number of carbonyl (C=O) groups excluding carboxylic acids is 2. The average Bonchev–Trinajstić information content (AvgIpc) is 3.22. The molecule has 2 N–H and O–H groups in total. The van der Waals surface area contributed by atoms with Crippen LogP contribution in [0.25, 0.3) is 0 Å². The second-order valence-corrected chi connectivity index (χ2v) is 12.2. The summed E-state index contributed by atoms with van der Waals surface area (Å²) in [4.78, 5) is 65.4. The Labute approximate surface area is 240 Å². The molecule has 0 bridgehead atoms. The fraction of sp³-hybridized carbons (Fsp3) is 0.520. The van der Waals surface area contributed by atoms with Gasteiger partial charge in [0.25, 0.3) is 11.5 Å². The van der Waals surface area contributed by atoms with Gasteiger partial charge < -0.3 is 43.4 Å². The maximum atomic E-state index is 13.5. The lowest BCUT2D eigenvalue weighted by molar-refractivity contribution is -0.308. The third kappa shape index (κ3) is 8.87. The first kappa shape index (κ1) is 32.8. The van der Waals surface area contributed by atoms with E-state index in [2.05, 4.69) is 10.3 Å². The molecule has 1 amide bonds. The molecule has 1 aliphatic rings. The Morgan fingerprint density at radius 1 is 1.20 bits per heavy atom. The number of methoxy groups -OCH3 is 1. The van der Waals surface area contributed by atoms with Gasteiger partial charge in [-0.2, -0.15) is 0 Å². The van der Waals surface area contributed by atoms with Gasteiger partial charge in [0, 0.05) is 18.9 Å². The van der Waals surface area contributed by atoms with E-state index < -0.39 is 66.5 Å². The third-order valence-corrected chi connectivity index (χ3v) is 7.64. The van der Waals surface area contributed by atoms with E-state index in [1.807, 2.05) is 0 Å². The van der Waals surface area contributed by atoms with Gasteiger partial charge in [-0.3, -0.25) is 19.1 Å². The van der Waals surface area contributed by atoms with Crippen LogP contribution in [0.3, 0.4) is 0 Å². The molecule has 0 saturated carbocycles. The Morgan fingerprint density at radius 2 is 1.88 bits per heavy atom. The van der Waals surface area contributed by atoms with E-state index in [4.69, 9.17) is 35.1 Å². The number of carboxylic acids is 1. The largest absolute Gasteiger partial charge is 0.780 e. The van der Waals surface area contributed by atoms with Crippen molar-refractivity contribution >= 4 is 30.4 Å². The van der Waals surface area contributed by atoms with Crippen molar-refractivity contribution in [3.8, 4) is 0 Å². The summed E-state index contributed by atoms with van der Waals surface area (Å²) in [5, 5.41) is 14.3. The molecule has 3 rings (SSSR count). The van der Waals surface area contributed by atoms with Crippen LogP contribution in [0.15, 0.2) is 46.1 Å². The second kappa shape index (κ2) is 14.4. The van der Waals surface area contributed by atoms with E-state index in [0.29, 0.717) is 5.56 Å². The lowest BCUT2D eigenvalue weighted by Crippen LogP contribution is -2.54. The lowest BCUT2D eigenvalue weighted by atomic mass is 10.0. The van der Waals surface area contributed by atoms with Crippen LogP contribution >= 0.6 is 6.72 Å². The Bertz CT molecular complexity index is 1370. The fourth-order valence-corrected chi connectivity index (χ4v) is 6.05. The van der Waals surface area contributed by atoms with Gasteiger partial charge in [0.15, 0.2) is 12.3 Å². The molecular formula is C25H32N3O11PS-2. The van der Waals surface area contributed by atoms with Crippen LogP contribution in [0.4, 0.5) is 0 Å². The van der Waals surface area contributed by atoms with Gasteiger partial charge in [-0.25, -0.2) is 4.79 Å². The molecule has 41 heavy (non-hydrogen) atoms. The summed E-state index contributed by atoms with van der Waals surface area (Å²) in [6, 6.07) is 7.04. The number of aromatic amines is 1. The summed E-state index contributed by atoms with van der Waals surface area (Å²) >= 11 is 5.04. The molecule has 0 radical (unpaired) electrons. The second-order valence-electron chi connectivity index (χ2n) is 9.50. The van der Waals surface area contributed by atoms with Gasteiger partial charge in [-0.05, 0) is 32.8 Å². The highest BCUT2D eigenvalue weighted by Gasteiger charge is 2.52. The number of nitrogens with one attached hydrogen (secondary N) is 2. The normalized spacial score (nSPS) is 22.8. The smallest absolute Gasteiger partial charge is 0.330 e. The molecule has 0 spiro atoms. The number of hydrogen-bond donors (Lipinski definition) is 2. The number of H-pyrrole nitrogens is 1. The van der Waals surface area contributed by atoms with Crippen molar-refractivity contribution in [2.45, 2.75) is 63.9 Å². The van der Waals surface area contributed by atoms with Crippen LogP contribution in [0.5, 0.6) is 0 Å². The molecule has 226 valence electrons. The summed E-state index contributed by atoms with van der Waals surface area (Å²) in [6.07, 6.45) is -5.47. The summed E-state index contributed by atoms with van der Waals surface area (Å²) in [7, 11) is 1.42. The molecule has 2 aromatic rings. The van der Waals surface area contributed by atoms with Crippen LogP contribution in [0, 0.1) is 6.92 Å². The van der Waals surface area contributed by atoms with Crippen molar-refractivity contribution in [3.63, 3.8) is 0 Å². The summed E-state index contributed by atoms with van der Waals surface area (Å²) in [5.41, 5.74) is -0.772. The standard InChI is InChI=1S/C25H34N3O11PS/c1-14(2)38-40(34,41)39-18-19(22(30)26-17(24(31)32)12-16-8-6-5-7-9-16)37-23(20(18)36-11-10-35-4)28-13-15(3)21(29)27-25(28)33/h5-9,13-14,17-20,23H,10-12H2,1-4H3,(H,26,30)(H,31,32)(H,34,41)(H,27,29,33)/p-2/t17?,18-,19-,20?,23-,40?/m0/s1. The zero-order valence-corrected chi connectivity index (χ0v) is 24.6. The monoisotopic (exact) mass is 613 g/mol. The summed E-state index contributed by atoms with van der Waals surface area (Å²) in [5.74, 6) is -2.55. The van der Waals surface area contributed by atoms with Crippen molar-refractivity contribution in [1.82, 2.24) is 14.9 Å². The highest BCUT2D eigenvalue weighted by atomic mass is 32.5. The van der Waals surface area contributed by atoms with Gasteiger partial charge in [0.05, 0.1) is 31.3 Å². The first-order chi connectivity index (χ1) is 19.3. The van der Waals surface area contributed by atoms with Gasteiger partial charge in [-0.15, -0.1) is 0 Å². The Hall–Kier alpha value is -2.75. The third-order valence-electron chi connectivity index (χ3n) is 5.94. The minimum absolute atomic E-state index is 0.0746. The number of aryl methyl sites for hydroxylation is 1. The molecule has 1 fully saturated rings. The van der Waals surface area contributed by atoms with Gasteiger partial charge in [0.2, 0.25) is 0 Å². The Morgan fingerprint density at radius 3 is 2.49 bits per heavy atom. The quantitative estimate of drug-likeness (QED) is 0.188. The number of aromatic nitrogens is 2. The van der Waals surface area contributed by atoms with Gasteiger partial charge in [-0.1, -0.05) is 42.1 Å². The van der Waals surface area contributed by atoms with E-state index in [1.165, 1.54) is 20.2 Å². The van der Waals surface area contributed by atoms with Crippen LogP contribution in [0.1, 0.15) is 31.2 Å². The highest BCUT2D eigenvalue weighted by molar-refractivity contribution is 8.06. The van der Waals surface area contributed by atoms with Crippen molar-refractivity contribution < 1.29 is 42.8 Å². The summed E-state index contributed by atoms with van der Waals surface area (Å²) in [6.45, 7) is 0.340. The highest BCUT2D eigenvalue weighted by Crippen LogP contribution is 2.47. The van der Waals surface area contributed by atoms with E-state index in [1.54, 1.807) is 44.2 Å². The molecule has 1 aliphatic heterocycles. The predicted octanol–water partition coefficient (Wildman–Crippen LogP) is -1.35. The van der Waals surface area contributed by atoms with Crippen molar-refractivity contribution in [2.75, 3.05) is 20.3 Å². The molecule has 1 aromatic heterocycles. The van der Waals surface area contributed by atoms with E-state index in [0.717, 1.165) is 4.57 Å². The maximum Gasteiger partial charge on any atom is 0.330 e. The molecule has 0 aliphatic carbocycles. The average molecular weight is 614 g/mol. The van der Waals surface area contributed by atoms with Crippen LogP contribution < -0.4 is 26.6 Å². The minimum atomic E-state index is -4.27. The first-order valence-corrected chi connectivity index (χ1v) is 15.2. The van der Waals surface area contributed by atoms with Crippen molar-refractivity contribution in [1.29, 1.82) is 0 Å². The van der Waals surface area contributed by atoms with E-state index >= 15 is 0 Å². The van der Waals surface area contributed by atoms with Gasteiger partial charge in [0.1, 0.15) is 18.9 Å². The molecular weight excluding hydrogens is 581 g/mol. The molecule has 1 saturated heterocycles. The number of ether oxygens (including phenoxy) is 3. The number of carboxylic acid groups (broad SMARTS) is 1. The Kier molecular flexibility index (Phi) is 11.5. The number of amides is 1. The topological polar surface area (TPSA) is 193 Å². The fourth-order valence-electron chi connectivity index (χ4n) is 4.14. The number of benzene rings is 1. The van der Waals surface area contributed by atoms with Crippen LogP contribution in [-0.2, 0) is 51.1 Å². The molecule has 16 heteroatoms. The van der Waals surface area contributed by atoms with Gasteiger partial charge >= 0.3 is 5.69 Å². The predicted molar refractivity (Wildman–Crippen MR) is 144 cm³/mol. The zero-order chi connectivity index (χ0) is 30.3. The van der Waals surface area contributed by atoms with E-state index in [-0.39, 0.29) is 25.2 Å². The number of nitrogens with zero attached hydrogens (tertiary/aromatic N) is 1. The molecule has 6 atom stereocenters. The molecule has 1 aromatic carbocycles. The number of carbonyl (C=O) groups is 2. The minimum Gasteiger partial charge on any atom is -0.780 e. The molecule has 14 nitrogen and oxygen atoms in total. The van der Waals surface area contributed by atoms with Crippen LogP contribution in [-0.4, -0.2) is 72.2 Å². The zero-order valence-electron chi connectivity index (χ0n) is 22.8. The molecule has 2 heterocycles.